The molecular formula is C11H19NO5. The van der Waals surface area contributed by atoms with Gasteiger partial charge in [-0.05, 0) is 12.8 Å². The van der Waals surface area contributed by atoms with Crippen LogP contribution in [0, 0.1) is 5.41 Å². The van der Waals surface area contributed by atoms with Crippen molar-refractivity contribution in [3.05, 3.63) is 0 Å². The second kappa shape index (κ2) is 6.22. The first-order chi connectivity index (χ1) is 7.81. The molecule has 0 aliphatic carbocycles. The van der Waals surface area contributed by atoms with Crippen LogP contribution in [0.4, 0.5) is 0 Å². The van der Waals surface area contributed by atoms with Gasteiger partial charge in [-0.2, -0.15) is 0 Å². The van der Waals surface area contributed by atoms with E-state index in [0.29, 0.717) is 0 Å². The summed E-state index contributed by atoms with van der Waals surface area (Å²) < 4.78 is 0. The molecule has 0 saturated heterocycles. The van der Waals surface area contributed by atoms with E-state index in [1.54, 1.807) is 13.8 Å². The Morgan fingerprint density at radius 2 is 1.59 bits per heavy atom. The highest BCUT2D eigenvalue weighted by Gasteiger charge is 2.44. The van der Waals surface area contributed by atoms with E-state index < -0.39 is 23.3 Å². The SMILES string of the molecule is CCC(CC)(C(=O)O)C(=O)N(C)CCC(=O)O. The molecule has 0 heterocycles. The van der Waals surface area contributed by atoms with E-state index in [0.717, 1.165) is 0 Å². The highest BCUT2D eigenvalue weighted by atomic mass is 16.4. The van der Waals surface area contributed by atoms with E-state index in [1.807, 2.05) is 0 Å². The molecule has 0 fully saturated rings. The first kappa shape index (κ1) is 15.4. The molecule has 6 heteroatoms. The van der Waals surface area contributed by atoms with Gasteiger partial charge in [-0.3, -0.25) is 14.4 Å². The topological polar surface area (TPSA) is 94.9 Å². The van der Waals surface area contributed by atoms with Crippen LogP contribution in [0.5, 0.6) is 0 Å². The molecule has 0 atom stereocenters. The molecule has 17 heavy (non-hydrogen) atoms. The molecule has 0 aliphatic rings. The number of carbonyl (C=O) groups is 3. The molecule has 0 aliphatic heterocycles. The van der Waals surface area contributed by atoms with Gasteiger partial charge in [0.25, 0.3) is 0 Å². The van der Waals surface area contributed by atoms with E-state index in [2.05, 4.69) is 0 Å². The van der Waals surface area contributed by atoms with Crippen molar-refractivity contribution in [1.82, 2.24) is 4.90 Å². The maximum Gasteiger partial charge on any atom is 0.319 e. The summed E-state index contributed by atoms with van der Waals surface area (Å²) in [6, 6.07) is 0. The van der Waals surface area contributed by atoms with Gasteiger partial charge in [-0.15, -0.1) is 0 Å². The molecule has 0 bridgehead atoms. The lowest BCUT2D eigenvalue weighted by atomic mass is 9.81. The summed E-state index contributed by atoms with van der Waals surface area (Å²) in [7, 11) is 1.42. The molecule has 0 spiro atoms. The summed E-state index contributed by atoms with van der Waals surface area (Å²) in [5.41, 5.74) is -1.44. The lowest BCUT2D eigenvalue weighted by Crippen LogP contribution is -2.47. The van der Waals surface area contributed by atoms with E-state index >= 15 is 0 Å². The van der Waals surface area contributed by atoms with Crippen LogP contribution in [-0.4, -0.2) is 46.6 Å². The zero-order chi connectivity index (χ0) is 13.6. The van der Waals surface area contributed by atoms with Crippen LogP contribution in [0.1, 0.15) is 33.1 Å². The number of nitrogens with zero attached hydrogens (tertiary/aromatic N) is 1. The van der Waals surface area contributed by atoms with E-state index in [4.69, 9.17) is 10.2 Å². The van der Waals surface area contributed by atoms with Gasteiger partial charge in [0.15, 0.2) is 0 Å². The summed E-state index contributed by atoms with van der Waals surface area (Å²) >= 11 is 0. The third-order valence-electron chi connectivity index (χ3n) is 3.03. The Bertz CT molecular complexity index is 309. The maximum atomic E-state index is 12.0. The van der Waals surface area contributed by atoms with Crippen molar-refractivity contribution >= 4 is 17.8 Å². The fourth-order valence-corrected chi connectivity index (χ4v) is 1.68. The van der Waals surface area contributed by atoms with E-state index in [-0.39, 0.29) is 25.8 Å². The Kier molecular flexibility index (Phi) is 5.64. The average molecular weight is 245 g/mol. The van der Waals surface area contributed by atoms with Gasteiger partial charge < -0.3 is 15.1 Å². The zero-order valence-corrected chi connectivity index (χ0v) is 10.4. The minimum atomic E-state index is -1.44. The van der Waals surface area contributed by atoms with E-state index in [9.17, 15) is 14.4 Å². The van der Waals surface area contributed by atoms with Crippen LogP contribution < -0.4 is 0 Å². The number of rotatable bonds is 7. The van der Waals surface area contributed by atoms with E-state index in [1.165, 1.54) is 11.9 Å². The van der Waals surface area contributed by atoms with Crippen LogP contribution in [-0.2, 0) is 14.4 Å². The average Bonchev–Trinajstić information content (AvgIpc) is 2.27. The maximum absolute atomic E-state index is 12.0. The monoisotopic (exact) mass is 245 g/mol. The van der Waals surface area contributed by atoms with Crippen LogP contribution in [0.25, 0.3) is 0 Å². The first-order valence-electron chi connectivity index (χ1n) is 5.52. The predicted molar refractivity (Wildman–Crippen MR) is 60.5 cm³/mol. The summed E-state index contributed by atoms with van der Waals surface area (Å²) in [5, 5.41) is 17.7. The van der Waals surface area contributed by atoms with Gasteiger partial charge in [0, 0.05) is 13.6 Å². The number of hydrogen-bond donors (Lipinski definition) is 2. The smallest absolute Gasteiger partial charge is 0.319 e. The van der Waals surface area contributed by atoms with Crippen LogP contribution >= 0.6 is 0 Å². The van der Waals surface area contributed by atoms with Crippen LogP contribution in [0.3, 0.4) is 0 Å². The summed E-state index contributed by atoms with van der Waals surface area (Å²) in [6.07, 6.45) is 0.190. The molecule has 0 aromatic rings. The number of carboxylic acids is 2. The van der Waals surface area contributed by atoms with Crippen molar-refractivity contribution in [1.29, 1.82) is 0 Å². The minimum Gasteiger partial charge on any atom is -0.481 e. The molecule has 6 nitrogen and oxygen atoms in total. The fraction of sp³-hybridized carbons (Fsp3) is 0.727. The van der Waals surface area contributed by atoms with Crippen molar-refractivity contribution in [3.63, 3.8) is 0 Å². The van der Waals surface area contributed by atoms with Crippen molar-refractivity contribution in [2.45, 2.75) is 33.1 Å². The molecule has 0 aromatic heterocycles. The number of aliphatic carboxylic acids is 2. The lowest BCUT2D eigenvalue weighted by Gasteiger charge is -2.30. The van der Waals surface area contributed by atoms with Crippen molar-refractivity contribution in [3.8, 4) is 0 Å². The Hall–Kier alpha value is -1.59. The highest BCUT2D eigenvalue weighted by Crippen LogP contribution is 2.29. The Morgan fingerprint density at radius 3 is 1.88 bits per heavy atom. The Balaban J connectivity index is 4.84. The largest absolute Gasteiger partial charge is 0.481 e. The van der Waals surface area contributed by atoms with Crippen LogP contribution in [0.15, 0.2) is 0 Å². The second-order valence-corrected chi connectivity index (χ2v) is 3.96. The quantitative estimate of drug-likeness (QED) is 0.647. The van der Waals surface area contributed by atoms with Gasteiger partial charge in [-0.1, -0.05) is 13.8 Å². The zero-order valence-electron chi connectivity index (χ0n) is 10.4. The Morgan fingerprint density at radius 1 is 1.12 bits per heavy atom. The third kappa shape index (κ3) is 3.44. The van der Waals surface area contributed by atoms with Crippen molar-refractivity contribution < 1.29 is 24.6 Å². The van der Waals surface area contributed by atoms with Crippen LogP contribution in [0.2, 0.25) is 0 Å². The summed E-state index contributed by atoms with van der Waals surface area (Å²) in [6.45, 7) is 3.30. The number of amides is 1. The Labute approximate surface area is 100 Å². The van der Waals surface area contributed by atoms with Gasteiger partial charge in [0.05, 0.1) is 6.42 Å². The van der Waals surface area contributed by atoms with Gasteiger partial charge >= 0.3 is 11.9 Å². The lowest BCUT2D eigenvalue weighted by molar-refractivity contribution is -0.160. The molecule has 0 saturated carbocycles. The molecule has 98 valence electrons. The summed E-state index contributed by atoms with van der Waals surface area (Å²) in [5.74, 6) is -2.70. The molecular weight excluding hydrogens is 226 g/mol. The summed E-state index contributed by atoms with van der Waals surface area (Å²) in [4.78, 5) is 34.8. The first-order valence-corrected chi connectivity index (χ1v) is 5.52. The fourth-order valence-electron chi connectivity index (χ4n) is 1.68. The molecule has 1 amide bonds. The van der Waals surface area contributed by atoms with Gasteiger partial charge in [0.2, 0.25) is 5.91 Å². The molecule has 0 aromatic carbocycles. The van der Waals surface area contributed by atoms with Gasteiger partial charge in [-0.25, -0.2) is 0 Å². The number of carbonyl (C=O) groups excluding carboxylic acids is 1. The predicted octanol–water partition coefficient (Wildman–Crippen LogP) is 0.810. The normalized spacial score (nSPS) is 11.0. The third-order valence-corrected chi connectivity index (χ3v) is 3.03. The molecule has 0 radical (unpaired) electrons. The molecule has 2 N–H and O–H groups in total. The molecule has 0 unspecified atom stereocenters. The molecule has 0 rings (SSSR count). The standard InChI is InChI=1S/C11H19NO5/c1-4-11(5-2,10(16)17)9(15)12(3)7-6-8(13)14/h4-7H2,1-3H3,(H,13,14)(H,16,17). The van der Waals surface area contributed by atoms with Crippen molar-refractivity contribution in [2.24, 2.45) is 5.41 Å². The van der Waals surface area contributed by atoms with Gasteiger partial charge in [0.1, 0.15) is 5.41 Å². The second-order valence-electron chi connectivity index (χ2n) is 3.96. The minimum absolute atomic E-state index is 0.0171. The number of carboxylic acid groups (broad SMARTS) is 2. The van der Waals surface area contributed by atoms with Crippen molar-refractivity contribution in [2.75, 3.05) is 13.6 Å². The number of hydrogen-bond acceptors (Lipinski definition) is 3. The highest BCUT2D eigenvalue weighted by molar-refractivity contribution is 6.01.